The van der Waals surface area contributed by atoms with Gasteiger partial charge >= 0.3 is 0 Å². The summed E-state index contributed by atoms with van der Waals surface area (Å²) < 4.78 is 13.7. The van der Waals surface area contributed by atoms with Gasteiger partial charge in [-0.15, -0.1) is 0 Å². The van der Waals surface area contributed by atoms with Crippen molar-refractivity contribution in [1.82, 2.24) is 0 Å². The van der Waals surface area contributed by atoms with Gasteiger partial charge in [0.1, 0.15) is 12.4 Å². The molecular weight excluding hydrogens is 338 g/mol. The van der Waals surface area contributed by atoms with Gasteiger partial charge in [0.2, 0.25) is 0 Å². The van der Waals surface area contributed by atoms with Gasteiger partial charge in [-0.3, -0.25) is 4.79 Å². The van der Waals surface area contributed by atoms with Gasteiger partial charge in [0.15, 0.2) is 6.54 Å². The van der Waals surface area contributed by atoms with Crippen LogP contribution in [-0.4, -0.2) is 19.5 Å². The first-order chi connectivity index (χ1) is 10.8. The zero-order valence-electron chi connectivity index (χ0n) is 12.9. The quantitative estimate of drug-likeness (QED) is 0.848. The third-order valence-corrected chi connectivity index (χ3v) is 3.96. The third-order valence-electron chi connectivity index (χ3n) is 3.37. The van der Waals surface area contributed by atoms with E-state index >= 15 is 0 Å². The SMILES string of the molecule is Cc1ccc(NC(=O)C[NH+](C)Cc2ccc(Cl)cc2Cl)c(F)c1. The molecule has 0 bridgehead atoms. The minimum absolute atomic E-state index is 0.193. The van der Waals surface area contributed by atoms with Crippen molar-refractivity contribution in [1.29, 1.82) is 0 Å². The van der Waals surface area contributed by atoms with Crippen LogP contribution in [0.5, 0.6) is 0 Å². The largest absolute Gasteiger partial charge is 0.326 e. The number of carbonyl (C=O) groups excluding carboxylic acids is 1. The number of carbonyl (C=O) groups is 1. The fourth-order valence-corrected chi connectivity index (χ4v) is 2.72. The highest BCUT2D eigenvalue weighted by Crippen LogP contribution is 2.20. The lowest BCUT2D eigenvalue weighted by Crippen LogP contribution is -3.08. The lowest BCUT2D eigenvalue weighted by molar-refractivity contribution is -0.885. The molecule has 0 saturated carbocycles. The van der Waals surface area contributed by atoms with Gasteiger partial charge in [-0.25, -0.2) is 4.39 Å². The maximum Gasteiger partial charge on any atom is 0.279 e. The van der Waals surface area contributed by atoms with Gasteiger partial charge in [-0.2, -0.15) is 0 Å². The molecule has 1 atom stereocenters. The van der Waals surface area contributed by atoms with Gasteiger partial charge in [0.25, 0.3) is 5.91 Å². The number of amides is 1. The van der Waals surface area contributed by atoms with Gasteiger partial charge in [-0.1, -0.05) is 35.3 Å². The van der Waals surface area contributed by atoms with E-state index in [1.165, 1.54) is 6.07 Å². The molecule has 1 unspecified atom stereocenters. The van der Waals surface area contributed by atoms with E-state index in [-0.39, 0.29) is 18.1 Å². The van der Waals surface area contributed by atoms with Crippen LogP contribution in [0.4, 0.5) is 10.1 Å². The molecule has 0 aliphatic carbocycles. The third kappa shape index (κ3) is 5.20. The van der Waals surface area contributed by atoms with Crippen molar-refractivity contribution in [2.24, 2.45) is 0 Å². The van der Waals surface area contributed by atoms with Crippen LogP contribution in [-0.2, 0) is 11.3 Å². The number of aryl methyl sites for hydroxylation is 1. The molecule has 2 rings (SSSR count). The Bertz CT molecular complexity index is 722. The van der Waals surface area contributed by atoms with Gasteiger partial charge < -0.3 is 10.2 Å². The molecule has 2 aromatic rings. The van der Waals surface area contributed by atoms with Crippen LogP contribution >= 0.6 is 23.2 Å². The van der Waals surface area contributed by atoms with Crippen molar-refractivity contribution < 1.29 is 14.1 Å². The second-order valence-corrected chi connectivity index (χ2v) is 6.42. The Hall–Kier alpha value is -1.62. The van der Waals surface area contributed by atoms with E-state index in [1.807, 2.05) is 13.1 Å². The molecule has 2 N–H and O–H groups in total. The predicted octanol–water partition coefficient (Wildman–Crippen LogP) is 3.09. The molecule has 0 saturated heterocycles. The molecule has 0 aliphatic rings. The number of likely N-dealkylation sites (N-methyl/N-ethyl adjacent to an activating group) is 1. The van der Waals surface area contributed by atoms with E-state index < -0.39 is 5.82 Å². The second-order valence-electron chi connectivity index (χ2n) is 5.58. The molecule has 0 aromatic heterocycles. The Morgan fingerprint density at radius 3 is 2.61 bits per heavy atom. The maximum absolute atomic E-state index is 13.7. The second kappa shape index (κ2) is 7.77. The van der Waals surface area contributed by atoms with E-state index in [0.717, 1.165) is 16.0 Å². The highest BCUT2D eigenvalue weighted by Gasteiger charge is 2.14. The van der Waals surface area contributed by atoms with Crippen molar-refractivity contribution in [2.75, 3.05) is 18.9 Å². The summed E-state index contributed by atoms with van der Waals surface area (Å²) >= 11 is 12.0. The van der Waals surface area contributed by atoms with Crippen LogP contribution in [0.25, 0.3) is 0 Å². The number of anilines is 1. The summed E-state index contributed by atoms with van der Waals surface area (Å²) in [5.41, 5.74) is 1.90. The number of nitrogens with one attached hydrogen (secondary N) is 2. The average molecular weight is 356 g/mol. The number of benzene rings is 2. The Kier molecular flexibility index (Phi) is 5.99. The minimum atomic E-state index is -0.434. The van der Waals surface area contributed by atoms with Crippen LogP contribution < -0.4 is 10.2 Å². The number of quaternary nitrogens is 1. The lowest BCUT2D eigenvalue weighted by Gasteiger charge is -2.15. The molecule has 122 valence electrons. The summed E-state index contributed by atoms with van der Waals surface area (Å²) in [5, 5.41) is 3.73. The summed E-state index contributed by atoms with van der Waals surface area (Å²) in [6.07, 6.45) is 0. The smallest absolute Gasteiger partial charge is 0.279 e. The number of hydrogen-bond donors (Lipinski definition) is 2. The number of halogens is 3. The van der Waals surface area contributed by atoms with Crippen LogP contribution in [0.15, 0.2) is 36.4 Å². The molecule has 0 spiro atoms. The summed E-state index contributed by atoms with van der Waals surface area (Å²) in [5.74, 6) is -0.688. The molecule has 6 heteroatoms. The predicted molar refractivity (Wildman–Crippen MR) is 91.7 cm³/mol. The first-order valence-electron chi connectivity index (χ1n) is 7.16. The highest BCUT2D eigenvalue weighted by molar-refractivity contribution is 6.35. The standard InChI is InChI=1S/C17H17Cl2FN2O/c1-11-3-6-16(15(20)7-11)21-17(23)10-22(2)9-12-4-5-13(18)8-14(12)19/h3-8H,9-10H2,1-2H3,(H,21,23)/p+1. The maximum atomic E-state index is 13.7. The molecule has 23 heavy (non-hydrogen) atoms. The van der Waals surface area contributed by atoms with Crippen molar-refractivity contribution in [3.8, 4) is 0 Å². The number of hydrogen-bond acceptors (Lipinski definition) is 1. The highest BCUT2D eigenvalue weighted by atomic mass is 35.5. The van der Waals surface area contributed by atoms with E-state index in [9.17, 15) is 9.18 Å². The van der Waals surface area contributed by atoms with Gasteiger partial charge in [0.05, 0.1) is 17.8 Å². The van der Waals surface area contributed by atoms with Crippen LogP contribution in [0, 0.1) is 12.7 Å². The molecule has 0 aliphatic heterocycles. The molecule has 0 radical (unpaired) electrons. The van der Waals surface area contributed by atoms with E-state index in [0.29, 0.717) is 16.6 Å². The number of rotatable bonds is 5. The summed E-state index contributed by atoms with van der Waals surface area (Å²) in [7, 11) is 1.87. The fraction of sp³-hybridized carbons (Fsp3) is 0.235. The van der Waals surface area contributed by atoms with Crippen LogP contribution in [0.2, 0.25) is 10.0 Å². The van der Waals surface area contributed by atoms with Gasteiger partial charge in [0, 0.05) is 10.6 Å². The minimum Gasteiger partial charge on any atom is -0.326 e. The fourth-order valence-electron chi connectivity index (χ4n) is 2.24. The monoisotopic (exact) mass is 355 g/mol. The normalized spacial score (nSPS) is 12.0. The lowest BCUT2D eigenvalue weighted by atomic mass is 10.2. The van der Waals surface area contributed by atoms with Crippen molar-refractivity contribution in [3.63, 3.8) is 0 Å². The zero-order valence-corrected chi connectivity index (χ0v) is 14.4. The van der Waals surface area contributed by atoms with E-state index in [1.54, 1.807) is 31.2 Å². The van der Waals surface area contributed by atoms with Crippen molar-refractivity contribution in [2.45, 2.75) is 13.5 Å². The molecule has 0 fully saturated rings. The Balaban J connectivity index is 1.94. The van der Waals surface area contributed by atoms with Crippen molar-refractivity contribution >= 4 is 34.8 Å². The molecule has 3 nitrogen and oxygen atoms in total. The zero-order chi connectivity index (χ0) is 17.0. The van der Waals surface area contributed by atoms with E-state index in [2.05, 4.69) is 5.32 Å². The summed E-state index contributed by atoms with van der Waals surface area (Å²) in [6.45, 7) is 2.56. The van der Waals surface area contributed by atoms with Crippen molar-refractivity contribution in [3.05, 3.63) is 63.4 Å². The Morgan fingerprint density at radius 2 is 1.96 bits per heavy atom. The van der Waals surface area contributed by atoms with Crippen LogP contribution in [0.1, 0.15) is 11.1 Å². The average Bonchev–Trinajstić information content (AvgIpc) is 2.45. The molecular formula is C17H18Cl2FN2O+. The molecule has 2 aromatic carbocycles. The first kappa shape index (κ1) is 17.7. The van der Waals surface area contributed by atoms with Crippen LogP contribution in [0.3, 0.4) is 0 Å². The summed E-state index contributed by atoms with van der Waals surface area (Å²) in [6, 6.07) is 9.98. The Labute approximate surface area is 145 Å². The van der Waals surface area contributed by atoms with Gasteiger partial charge in [-0.05, 0) is 36.8 Å². The molecule has 1 amide bonds. The Morgan fingerprint density at radius 1 is 1.22 bits per heavy atom. The summed E-state index contributed by atoms with van der Waals surface area (Å²) in [4.78, 5) is 13.0. The first-order valence-corrected chi connectivity index (χ1v) is 7.92. The topological polar surface area (TPSA) is 33.5 Å². The van der Waals surface area contributed by atoms with E-state index in [4.69, 9.17) is 23.2 Å². The molecule has 0 heterocycles.